The number of halogens is 2. The van der Waals surface area contributed by atoms with Gasteiger partial charge in [-0.3, -0.25) is 9.78 Å². The standard InChI is InChI=1S/C17H18F2N2O2/c1-11(2)15(13-6-4-8-20-10-13)21-16(22)12-5-3-7-14(9-12)23-17(18)19/h3-11,15,17H,1-2H3,(H,21,22)/t15-/m0/s1. The zero-order valence-corrected chi connectivity index (χ0v) is 12.9. The van der Waals surface area contributed by atoms with Gasteiger partial charge < -0.3 is 10.1 Å². The zero-order chi connectivity index (χ0) is 16.8. The van der Waals surface area contributed by atoms with Crippen molar-refractivity contribution < 1.29 is 18.3 Å². The molecule has 0 spiro atoms. The molecular formula is C17H18F2N2O2. The van der Waals surface area contributed by atoms with E-state index in [1.165, 1.54) is 18.2 Å². The van der Waals surface area contributed by atoms with Gasteiger partial charge in [-0.15, -0.1) is 0 Å². The second-order valence-electron chi connectivity index (χ2n) is 5.39. The number of benzene rings is 1. The summed E-state index contributed by atoms with van der Waals surface area (Å²) in [4.78, 5) is 16.5. The predicted octanol–water partition coefficient (Wildman–Crippen LogP) is 3.81. The van der Waals surface area contributed by atoms with Gasteiger partial charge in [0.05, 0.1) is 6.04 Å². The maximum Gasteiger partial charge on any atom is 0.387 e. The first-order valence-corrected chi connectivity index (χ1v) is 7.23. The van der Waals surface area contributed by atoms with E-state index in [2.05, 4.69) is 15.0 Å². The summed E-state index contributed by atoms with van der Waals surface area (Å²) in [7, 11) is 0. The monoisotopic (exact) mass is 320 g/mol. The molecule has 6 heteroatoms. The zero-order valence-electron chi connectivity index (χ0n) is 12.9. The Morgan fingerprint density at radius 1 is 1.22 bits per heavy atom. The lowest BCUT2D eigenvalue weighted by Crippen LogP contribution is -2.31. The van der Waals surface area contributed by atoms with Crippen LogP contribution in [-0.2, 0) is 0 Å². The number of pyridine rings is 1. The normalized spacial score (nSPS) is 12.3. The molecule has 0 aliphatic carbocycles. The molecule has 1 atom stereocenters. The Morgan fingerprint density at radius 3 is 2.61 bits per heavy atom. The minimum atomic E-state index is -2.92. The highest BCUT2D eigenvalue weighted by Gasteiger charge is 2.19. The lowest BCUT2D eigenvalue weighted by molar-refractivity contribution is -0.0498. The summed E-state index contributed by atoms with van der Waals surface area (Å²) in [6.45, 7) is 1.04. The van der Waals surface area contributed by atoms with Crippen LogP contribution in [0.2, 0.25) is 0 Å². The third-order valence-electron chi connectivity index (χ3n) is 3.32. The molecule has 0 saturated heterocycles. The van der Waals surface area contributed by atoms with Crippen LogP contribution in [0.4, 0.5) is 8.78 Å². The van der Waals surface area contributed by atoms with Crippen molar-refractivity contribution in [2.45, 2.75) is 26.5 Å². The number of ether oxygens (including phenoxy) is 1. The molecule has 2 rings (SSSR count). The molecular weight excluding hydrogens is 302 g/mol. The number of hydrogen-bond donors (Lipinski definition) is 1. The summed E-state index contributed by atoms with van der Waals surface area (Å²) < 4.78 is 28.8. The van der Waals surface area contributed by atoms with E-state index in [-0.39, 0.29) is 29.2 Å². The molecule has 1 heterocycles. The molecule has 0 aliphatic heterocycles. The van der Waals surface area contributed by atoms with Crippen LogP contribution in [0.5, 0.6) is 5.75 Å². The summed E-state index contributed by atoms with van der Waals surface area (Å²) in [6, 6.07) is 9.18. The van der Waals surface area contributed by atoms with Crippen LogP contribution in [0.1, 0.15) is 35.8 Å². The van der Waals surface area contributed by atoms with Crippen molar-refractivity contribution >= 4 is 5.91 Å². The Bertz CT molecular complexity index is 648. The summed E-state index contributed by atoms with van der Waals surface area (Å²) in [6.07, 6.45) is 3.36. The smallest absolute Gasteiger partial charge is 0.387 e. The minimum Gasteiger partial charge on any atom is -0.435 e. The number of hydrogen-bond acceptors (Lipinski definition) is 3. The lowest BCUT2D eigenvalue weighted by atomic mass is 9.97. The highest BCUT2D eigenvalue weighted by molar-refractivity contribution is 5.94. The Labute approximate surface area is 133 Å². The minimum absolute atomic E-state index is 0.0462. The van der Waals surface area contributed by atoms with Crippen LogP contribution in [-0.4, -0.2) is 17.5 Å². The molecule has 0 bridgehead atoms. The average Bonchev–Trinajstić information content (AvgIpc) is 2.52. The summed E-state index contributed by atoms with van der Waals surface area (Å²) in [5.74, 6) is -0.258. The molecule has 0 radical (unpaired) electrons. The Kier molecular flexibility index (Phi) is 5.62. The fourth-order valence-electron chi connectivity index (χ4n) is 2.23. The molecule has 1 amide bonds. The quantitative estimate of drug-likeness (QED) is 0.880. The first-order valence-electron chi connectivity index (χ1n) is 7.23. The molecule has 0 fully saturated rings. The first kappa shape index (κ1) is 16.9. The number of amides is 1. The molecule has 0 saturated carbocycles. The second kappa shape index (κ2) is 7.67. The van der Waals surface area contributed by atoms with E-state index in [0.29, 0.717) is 0 Å². The van der Waals surface area contributed by atoms with Gasteiger partial charge in [-0.25, -0.2) is 0 Å². The molecule has 23 heavy (non-hydrogen) atoms. The van der Waals surface area contributed by atoms with Gasteiger partial charge in [0.1, 0.15) is 5.75 Å². The molecule has 1 aromatic carbocycles. The maximum atomic E-state index is 12.4. The van der Waals surface area contributed by atoms with Crippen LogP contribution < -0.4 is 10.1 Å². The molecule has 122 valence electrons. The molecule has 1 aromatic heterocycles. The van der Waals surface area contributed by atoms with Gasteiger partial charge in [-0.2, -0.15) is 8.78 Å². The van der Waals surface area contributed by atoms with E-state index >= 15 is 0 Å². The Morgan fingerprint density at radius 2 is 2.00 bits per heavy atom. The van der Waals surface area contributed by atoms with Crippen molar-refractivity contribution in [3.8, 4) is 5.75 Å². The van der Waals surface area contributed by atoms with Gasteiger partial charge in [0, 0.05) is 18.0 Å². The fraction of sp³-hybridized carbons (Fsp3) is 0.294. The van der Waals surface area contributed by atoms with E-state index < -0.39 is 6.61 Å². The lowest BCUT2D eigenvalue weighted by Gasteiger charge is -2.22. The number of nitrogens with zero attached hydrogens (tertiary/aromatic N) is 1. The predicted molar refractivity (Wildman–Crippen MR) is 82.4 cm³/mol. The number of rotatable bonds is 6. The van der Waals surface area contributed by atoms with Crippen LogP contribution in [0.3, 0.4) is 0 Å². The Balaban J connectivity index is 2.16. The van der Waals surface area contributed by atoms with Gasteiger partial charge in [0.15, 0.2) is 0 Å². The summed E-state index contributed by atoms with van der Waals surface area (Å²) >= 11 is 0. The van der Waals surface area contributed by atoms with E-state index in [1.54, 1.807) is 24.5 Å². The van der Waals surface area contributed by atoms with Gasteiger partial charge in [0.25, 0.3) is 5.91 Å². The van der Waals surface area contributed by atoms with Gasteiger partial charge in [-0.1, -0.05) is 26.0 Å². The number of nitrogens with one attached hydrogen (secondary N) is 1. The van der Waals surface area contributed by atoms with Crippen molar-refractivity contribution in [2.75, 3.05) is 0 Å². The molecule has 0 aliphatic rings. The van der Waals surface area contributed by atoms with Crippen LogP contribution in [0.15, 0.2) is 48.8 Å². The molecule has 4 nitrogen and oxygen atoms in total. The van der Waals surface area contributed by atoms with E-state index in [0.717, 1.165) is 5.56 Å². The molecule has 1 N–H and O–H groups in total. The maximum absolute atomic E-state index is 12.4. The van der Waals surface area contributed by atoms with Crippen LogP contribution in [0, 0.1) is 5.92 Å². The summed E-state index contributed by atoms with van der Waals surface area (Å²) in [5.41, 5.74) is 1.15. The van der Waals surface area contributed by atoms with Crippen molar-refractivity contribution in [1.29, 1.82) is 0 Å². The highest BCUT2D eigenvalue weighted by atomic mass is 19.3. The van der Waals surface area contributed by atoms with Crippen LogP contribution in [0.25, 0.3) is 0 Å². The van der Waals surface area contributed by atoms with Gasteiger partial charge in [-0.05, 0) is 35.7 Å². The average molecular weight is 320 g/mol. The molecule has 2 aromatic rings. The topological polar surface area (TPSA) is 51.2 Å². The fourth-order valence-corrected chi connectivity index (χ4v) is 2.23. The van der Waals surface area contributed by atoms with Crippen LogP contribution >= 0.6 is 0 Å². The Hall–Kier alpha value is -2.50. The van der Waals surface area contributed by atoms with Crippen molar-refractivity contribution in [2.24, 2.45) is 5.92 Å². The van der Waals surface area contributed by atoms with Gasteiger partial charge in [0.2, 0.25) is 0 Å². The van der Waals surface area contributed by atoms with E-state index in [9.17, 15) is 13.6 Å². The van der Waals surface area contributed by atoms with E-state index in [1.807, 2.05) is 19.9 Å². The van der Waals surface area contributed by atoms with Crippen molar-refractivity contribution in [3.05, 3.63) is 59.9 Å². The third kappa shape index (κ3) is 4.74. The van der Waals surface area contributed by atoms with Crippen molar-refractivity contribution in [3.63, 3.8) is 0 Å². The van der Waals surface area contributed by atoms with Gasteiger partial charge >= 0.3 is 6.61 Å². The van der Waals surface area contributed by atoms with E-state index in [4.69, 9.17) is 0 Å². The number of alkyl halides is 2. The summed E-state index contributed by atoms with van der Waals surface area (Å²) in [5, 5.41) is 2.91. The largest absolute Gasteiger partial charge is 0.435 e. The second-order valence-corrected chi connectivity index (χ2v) is 5.39. The number of carbonyl (C=O) groups excluding carboxylic acids is 1. The number of aromatic nitrogens is 1. The highest BCUT2D eigenvalue weighted by Crippen LogP contribution is 2.22. The number of carbonyl (C=O) groups is 1. The first-order chi connectivity index (χ1) is 11.0. The SMILES string of the molecule is CC(C)[C@H](NC(=O)c1cccc(OC(F)F)c1)c1cccnc1. The van der Waals surface area contributed by atoms with Crippen molar-refractivity contribution in [1.82, 2.24) is 10.3 Å². The molecule has 0 unspecified atom stereocenters. The third-order valence-corrected chi connectivity index (χ3v) is 3.32.